The van der Waals surface area contributed by atoms with E-state index in [2.05, 4.69) is 0 Å². The van der Waals surface area contributed by atoms with Crippen LogP contribution in [0.2, 0.25) is 0 Å². The van der Waals surface area contributed by atoms with Crippen LogP contribution in [0.1, 0.15) is 311 Å². The van der Waals surface area contributed by atoms with Gasteiger partial charge in [0.25, 0.3) is 0 Å². The van der Waals surface area contributed by atoms with E-state index in [4.69, 9.17) is 14.2 Å². The zero-order valence-corrected chi connectivity index (χ0v) is 85.5. The van der Waals surface area contributed by atoms with Crippen molar-refractivity contribution in [2.24, 2.45) is 0 Å². The molecule has 0 aromatic heterocycles. The van der Waals surface area contributed by atoms with Gasteiger partial charge in [-0.3, -0.25) is 86.3 Å². The van der Waals surface area contributed by atoms with Crippen LogP contribution in [-0.2, 0) is 0 Å². The zero-order chi connectivity index (χ0) is 108. The largest absolute Gasteiger partial charge is 0.490 e. The quantitative estimate of drug-likeness (QED) is 0.0325. The zero-order valence-electron chi connectivity index (χ0n) is 84.7. The standard InChI is InChI=1S/C18H18O4.C16H14O3.C16H14O2S.C16H14O2.2C14H12O2.3C10H10O2/c1-13(19)15-3-7-17(8-4-15)21-11-12-22-18-9-5-16(6-10-18)14(2)20;2*1-11(17)13-3-7-15(8-4-13)19-16-9-5-14(6-10-16)12(2)18;1-11(17)13-3-7-15(8-4-13)16-9-5-14(6-10-16)12(2)18;1-9(15)11-3-5-14-8-12(10(2)16)4-6-13(14)7-11;1-9(15)11-5-3-8-14-12(10(2)16)6-4-7-13(11)14;2*1-7(11)9-3-5-10(6-4-9)8(2)12;1-7(11)9-4-3-5-10(6-9)8(2)12/h3-10H,11-12H2,1-2H3;2*3-10H,1-2H3;3-10H,1-2H3;2*3-8H,1-2H3;3*3-6H,1-2H3. The number of benzene rings is 15. The van der Waals surface area contributed by atoms with Crippen molar-refractivity contribution in [2.45, 2.75) is 134 Å². The molecule has 0 atom stereocenters. The van der Waals surface area contributed by atoms with Gasteiger partial charge in [0, 0.05) is 110 Å². The highest BCUT2D eigenvalue weighted by atomic mass is 32.2. The predicted molar refractivity (Wildman–Crippen MR) is 573 cm³/mol. The van der Waals surface area contributed by atoms with Gasteiger partial charge < -0.3 is 14.2 Å². The highest BCUT2D eigenvalue weighted by molar-refractivity contribution is 7.99. The summed E-state index contributed by atoms with van der Waals surface area (Å²) in [6.07, 6.45) is 0. The number of rotatable bonds is 28. The molecule has 742 valence electrons. The molecule has 0 amide bonds. The molecule has 0 bridgehead atoms. The monoisotopic (exact) mass is 1970 g/mol. The molecule has 0 N–H and O–H groups in total. The van der Waals surface area contributed by atoms with Crippen LogP contribution >= 0.6 is 11.8 Å². The van der Waals surface area contributed by atoms with E-state index in [-0.39, 0.29) is 104 Å². The van der Waals surface area contributed by atoms with Crippen molar-refractivity contribution in [1.82, 2.24) is 0 Å². The van der Waals surface area contributed by atoms with Gasteiger partial charge in [0.1, 0.15) is 36.2 Å². The first kappa shape index (κ1) is 116. The van der Waals surface area contributed by atoms with E-state index in [0.717, 1.165) is 53.6 Å². The first-order chi connectivity index (χ1) is 69.3. The van der Waals surface area contributed by atoms with Gasteiger partial charge in [0.15, 0.2) is 104 Å². The van der Waals surface area contributed by atoms with Gasteiger partial charge in [-0.15, -0.1) is 0 Å². The molecule has 0 radical (unpaired) electrons. The molecule has 0 unspecified atom stereocenters. The fourth-order valence-electron chi connectivity index (χ4n) is 13.4. The lowest BCUT2D eigenvalue weighted by molar-refractivity contribution is 0.0999. The molecule has 146 heavy (non-hydrogen) atoms. The Labute approximate surface area is 854 Å². The molecule has 15 aromatic carbocycles. The molecule has 0 heterocycles. The average Bonchev–Trinajstić information content (AvgIpc) is 0.791. The second-order valence-electron chi connectivity index (χ2n) is 33.4. The number of carbonyl (C=O) groups excluding carboxylic acids is 18. The van der Waals surface area contributed by atoms with E-state index in [1.165, 1.54) is 83.1 Å². The Hall–Kier alpha value is -17.4. The van der Waals surface area contributed by atoms with E-state index in [1.54, 1.807) is 247 Å². The second-order valence-corrected chi connectivity index (χ2v) is 34.6. The first-order valence-electron chi connectivity index (χ1n) is 46.2. The topological polar surface area (TPSA) is 335 Å². The minimum Gasteiger partial charge on any atom is -0.490 e. The van der Waals surface area contributed by atoms with Crippen LogP contribution in [0.25, 0.3) is 32.7 Å². The number of hydrogen-bond donors (Lipinski definition) is 0. The van der Waals surface area contributed by atoms with Gasteiger partial charge in [-0.25, -0.2) is 0 Å². The van der Waals surface area contributed by atoms with Crippen LogP contribution in [0.15, 0.2) is 350 Å². The minimum atomic E-state index is -0.0156. The molecule has 0 aliphatic heterocycles. The van der Waals surface area contributed by atoms with Gasteiger partial charge in [-0.1, -0.05) is 212 Å². The lowest BCUT2D eigenvalue weighted by atomic mass is 9.97. The van der Waals surface area contributed by atoms with Crippen molar-refractivity contribution >= 4 is 137 Å². The summed E-state index contributed by atoms with van der Waals surface area (Å²) in [5.41, 5.74) is 14.0. The number of Topliss-reactive ketones (excluding diaryl/α,β-unsaturated/α-hetero) is 18. The molecule has 22 heteroatoms. The second kappa shape index (κ2) is 57.5. The fourth-order valence-corrected chi connectivity index (χ4v) is 14.2. The summed E-state index contributed by atoms with van der Waals surface area (Å²) >= 11 is 1.61. The molecule has 21 nitrogen and oxygen atoms in total. The number of fused-ring (bicyclic) bond motifs is 2. The van der Waals surface area contributed by atoms with E-state index in [0.29, 0.717) is 125 Å². The maximum atomic E-state index is 11.5. The molecule has 0 saturated carbocycles. The molecule has 15 rings (SSSR count). The van der Waals surface area contributed by atoms with E-state index >= 15 is 0 Å². The Morgan fingerprint density at radius 2 is 0.349 bits per heavy atom. The van der Waals surface area contributed by atoms with Crippen LogP contribution in [-0.4, -0.2) is 117 Å². The highest BCUT2D eigenvalue weighted by Gasteiger charge is 2.15. The van der Waals surface area contributed by atoms with Crippen LogP contribution in [0.4, 0.5) is 0 Å². The molecular formula is C124H114O21S. The third-order valence-corrected chi connectivity index (χ3v) is 23.0. The molecule has 0 fully saturated rings. The SMILES string of the molecule is CC(=O)c1ccc(-c2ccc(C(C)=O)cc2)cc1.CC(=O)c1ccc(C(C)=O)cc1.CC(=O)c1ccc(C(C)=O)cc1.CC(=O)c1ccc(OCCOc2ccc(C(C)=O)cc2)cc1.CC(=O)c1ccc(Oc2ccc(C(C)=O)cc2)cc1.CC(=O)c1ccc(Sc2ccc(C(C)=O)cc2)cc1.CC(=O)c1ccc2cc(C(C)=O)ccc2c1.CC(=O)c1cccc(C(C)=O)c1.CC(=O)c1cccc2c(C(C)=O)cccc12. The lowest BCUT2D eigenvalue weighted by Crippen LogP contribution is -2.09. The maximum absolute atomic E-state index is 11.5. The summed E-state index contributed by atoms with van der Waals surface area (Å²) in [5.74, 6) is 3.27. The first-order valence-corrected chi connectivity index (χ1v) is 47.0. The third kappa shape index (κ3) is 37.9. The Bertz CT molecular complexity index is 6650. The van der Waals surface area contributed by atoms with E-state index in [9.17, 15) is 86.3 Å². The molecule has 0 aliphatic rings. The van der Waals surface area contributed by atoms with Gasteiger partial charge in [-0.05, 0) is 297 Å². The fraction of sp³-hybridized carbons (Fsp3) is 0.161. The number of hydrogen-bond acceptors (Lipinski definition) is 22. The minimum absolute atomic E-state index is 0.0156. The van der Waals surface area contributed by atoms with Crippen molar-refractivity contribution in [3.8, 4) is 34.1 Å². The number of ketones is 18. The maximum Gasteiger partial charge on any atom is 0.160 e. The third-order valence-electron chi connectivity index (χ3n) is 22.0. The van der Waals surface area contributed by atoms with Crippen molar-refractivity contribution in [3.63, 3.8) is 0 Å². The van der Waals surface area contributed by atoms with Crippen molar-refractivity contribution < 1.29 is 101 Å². The Kier molecular flexibility index (Phi) is 45.5. The Balaban J connectivity index is 0.000000224. The molecule has 0 saturated heterocycles. The van der Waals surface area contributed by atoms with Crippen molar-refractivity contribution in [2.75, 3.05) is 13.2 Å². The summed E-state index contributed by atoms with van der Waals surface area (Å²) in [6, 6.07) is 99.9. The summed E-state index contributed by atoms with van der Waals surface area (Å²) in [7, 11) is 0. The predicted octanol–water partition coefficient (Wildman–Crippen LogP) is 28.2. The number of ether oxygens (including phenoxy) is 3. The average molecular weight is 1970 g/mol. The highest BCUT2D eigenvalue weighted by Crippen LogP contribution is 2.31. The molecule has 15 aromatic rings. The molecular weight excluding hydrogens is 1860 g/mol. The Morgan fingerprint density at radius 3 is 0.562 bits per heavy atom. The van der Waals surface area contributed by atoms with Gasteiger partial charge >= 0.3 is 0 Å². The normalized spacial score (nSPS) is 10.0. The van der Waals surface area contributed by atoms with Crippen LogP contribution in [0.3, 0.4) is 0 Å². The van der Waals surface area contributed by atoms with Gasteiger partial charge in [0.2, 0.25) is 0 Å². The Morgan fingerprint density at radius 1 is 0.171 bits per heavy atom. The molecule has 0 spiro atoms. The lowest BCUT2D eigenvalue weighted by Gasteiger charge is -2.09. The van der Waals surface area contributed by atoms with Crippen molar-refractivity contribution in [1.29, 1.82) is 0 Å². The van der Waals surface area contributed by atoms with Crippen LogP contribution < -0.4 is 14.2 Å². The summed E-state index contributed by atoms with van der Waals surface area (Å²) in [4.78, 5) is 202. The summed E-state index contributed by atoms with van der Waals surface area (Å²) in [6.45, 7) is 28.3. The summed E-state index contributed by atoms with van der Waals surface area (Å²) in [5, 5.41) is 3.67. The van der Waals surface area contributed by atoms with Crippen molar-refractivity contribution in [3.05, 3.63) is 440 Å². The number of carbonyl (C=O) groups is 18. The van der Waals surface area contributed by atoms with E-state index in [1.807, 2.05) is 146 Å². The van der Waals surface area contributed by atoms with E-state index < -0.39 is 0 Å². The smallest absolute Gasteiger partial charge is 0.160 e. The summed E-state index contributed by atoms with van der Waals surface area (Å²) < 4.78 is 16.7. The molecule has 0 aliphatic carbocycles. The van der Waals surface area contributed by atoms with Gasteiger partial charge in [-0.2, -0.15) is 0 Å². The van der Waals surface area contributed by atoms with Crippen LogP contribution in [0.5, 0.6) is 23.0 Å². The van der Waals surface area contributed by atoms with Crippen LogP contribution in [0, 0.1) is 0 Å². The van der Waals surface area contributed by atoms with Gasteiger partial charge in [0.05, 0.1) is 0 Å².